The van der Waals surface area contributed by atoms with E-state index in [-0.39, 0.29) is 6.61 Å². The smallest absolute Gasteiger partial charge is 0.147 e. The van der Waals surface area contributed by atoms with Crippen molar-refractivity contribution in [3.8, 4) is 5.75 Å². The van der Waals surface area contributed by atoms with Crippen molar-refractivity contribution in [2.45, 2.75) is 32.3 Å². The van der Waals surface area contributed by atoms with Crippen LogP contribution in [-0.2, 0) is 6.61 Å². The Morgan fingerprint density at radius 1 is 1.18 bits per heavy atom. The van der Waals surface area contributed by atoms with Crippen molar-refractivity contribution in [2.24, 2.45) is 5.92 Å². The van der Waals surface area contributed by atoms with Gasteiger partial charge >= 0.3 is 0 Å². The Balaban J connectivity index is 2.04. The first-order valence-electron chi connectivity index (χ1n) is 5.92. The molecule has 0 atom stereocenters. The lowest BCUT2D eigenvalue weighted by Crippen LogP contribution is -2.08. The van der Waals surface area contributed by atoms with Gasteiger partial charge in [-0.25, -0.2) is 0 Å². The molecule has 0 heterocycles. The maximum absolute atomic E-state index is 9.10. The van der Waals surface area contributed by atoms with Crippen molar-refractivity contribution in [1.82, 2.24) is 0 Å². The van der Waals surface area contributed by atoms with E-state index in [1.54, 1.807) is 0 Å². The lowest BCUT2D eigenvalue weighted by molar-refractivity contribution is 0.248. The Bertz CT molecular complexity index is 364. The van der Waals surface area contributed by atoms with Crippen LogP contribution < -0.4 is 4.74 Å². The van der Waals surface area contributed by atoms with Crippen LogP contribution in [0, 0.1) is 5.92 Å². The molecule has 0 aromatic heterocycles. The Hall–Kier alpha value is -0.0600. The van der Waals surface area contributed by atoms with Gasteiger partial charge in [-0.2, -0.15) is 0 Å². The second kappa shape index (κ2) is 6.21. The Morgan fingerprint density at radius 3 is 2.29 bits per heavy atom. The number of hydrogen-bond donors (Lipinski definition) is 1. The van der Waals surface area contributed by atoms with Crippen molar-refractivity contribution < 1.29 is 9.84 Å². The summed E-state index contributed by atoms with van der Waals surface area (Å²) in [5, 5.41) is 9.10. The fourth-order valence-electron chi connectivity index (χ4n) is 2.22. The quantitative estimate of drug-likeness (QED) is 0.865. The monoisotopic (exact) mass is 362 g/mol. The van der Waals surface area contributed by atoms with Gasteiger partial charge in [0.25, 0.3) is 0 Å². The van der Waals surface area contributed by atoms with Crippen molar-refractivity contribution >= 4 is 31.9 Å². The highest BCUT2D eigenvalue weighted by molar-refractivity contribution is 9.11. The van der Waals surface area contributed by atoms with E-state index in [1.165, 1.54) is 25.7 Å². The molecule has 2 nitrogen and oxygen atoms in total. The fourth-order valence-corrected chi connectivity index (χ4v) is 3.73. The minimum absolute atomic E-state index is 0.0418. The molecule has 0 radical (unpaired) electrons. The second-order valence-electron chi connectivity index (χ2n) is 4.51. The van der Waals surface area contributed by atoms with E-state index >= 15 is 0 Å². The van der Waals surface area contributed by atoms with Crippen LogP contribution in [0.2, 0.25) is 0 Å². The molecule has 1 aliphatic carbocycles. The van der Waals surface area contributed by atoms with Gasteiger partial charge in [-0.3, -0.25) is 0 Å². The van der Waals surface area contributed by atoms with Crippen LogP contribution in [0.4, 0.5) is 0 Å². The van der Waals surface area contributed by atoms with Gasteiger partial charge in [0, 0.05) is 0 Å². The first-order valence-corrected chi connectivity index (χ1v) is 7.51. The summed E-state index contributed by atoms with van der Waals surface area (Å²) in [7, 11) is 0. The SMILES string of the molecule is OCc1cc(Br)c(OCC2CCCC2)c(Br)c1. The Labute approximate surface area is 119 Å². The van der Waals surface area contributed by atoms with Gasteiger partial charge in [-0.15, -0.1) is 0 Å². The molecule has 4 heteroatoms. The molecule has 1 aliphatic rings. The zero-order valence-corrected chi connectivity index (χ0v) is 12.8. The summed E-state index contributed by atoms with van der Waals surface area (Å²) in [5.41, 5.74) is 0.872. The average Bonchev–Trinajstić information content (AvgIpc) is 2.80. The Morgan fingerprint density at radius 2 is 1.76 bits per heavy atom. The molecule has 94 valence electrons. The van der Waals surface area contributed by atoms with Gasteiger partial charge < -0.3 is 9.84 Å². The zero-order chi connectivity index (χ0) is 12.3. The van der Waals surface area contributed by atoms with Gasteiger partial charge in [0.15, 0.2) is 0 Å². The molecular weight excluding hydrogens is 348 g/mol. The van der Waals surface area contributed by atoms with Gasteiger partial charge in [0.05, 0.1) is 22.2 Å². The van der Waals surface area contributed by atoms with Crippen LogP contribution in [0.25, 0.3) is 0 Å². The summed E-state index contributed by atoms with van der Waals surface area (Å²) in [6.45, 7) is 0.829. The minimum Gasteiger partial charge on any atom is -0.491 e. The van der Waals surface area contributed by atoms with E-state index in [0.29, 0.717) is 5.92 Å². The van der Waals surface area contributed by atoms with Crippen LogP contribution >= 0.6 is 31.9 Å². The van der Waals surface area contributed by atoms with Crippen LogP contribution in [0.1, 0.15) is 31.2 Å². The van der Waals surface area contributed by atoms with E-state index in [0.717, 1.165) is 26.9 Å². The van der Waals surface area contributed by atoms with Gasteiger partial charge in [-0.1, -0.05) is 12.8 Å². The van der Waals surface area contributed by atoms with Crippen molar-refractivity contribution in [2.75, 3.05) is 6.61 Å². The molecule has 2 rings (SSSR count). The normalized spacial score (nSPS) is 16.4. The molecule has 0 spiro atoms. The standard InChI is InChI=1S/C13H16Br2O2/c14-11-5-10(7-16)6-12(15)13(11)17-8-9-3-1-2-4-9/h5-6,9,16H,1-4,7-8H2. The number of aliphatic hydroxyl groups is 1. The second-order valence-corrected chi connectivity index (χ2v) is 6.22. The number of aliphatic hydroxyl groups excluding tert-OH is 1. The number of ether oxygens (including phenoxy) is 1. The number of hydrogen-bond acceptors (Lipinski definition) is 2. The summed E-state index contributed by atoms with van der Waals surface area (Å²) in [6, 6.07) is 3.80. The molecule has 1 aromatic rings. The maximum Gasteiger partial charge on any atom is 0.147 e. The van der Waals surface area contributed by atoms with Crippen LogP contribution in [0.5, 0.6) is 5.75 Å². The number of halogens is 2. The molecule has 0 saturated heterocycles. The summed E-state index contributed by atoms with van der Waals surface area (Å²) in [4.78, 5) is 0. The van der Waals surface area contributed by atoms with E-state index in [9.17, 15) is 0 Å². The first kappa shape index (κ1) is 13.4. The van der Waals surface area contributed by atoms with Crippen molar-refractivity contribution in [3.05, 3.63) is 26.6 Å². The van der Waals surface area contributed by atoms with E-state index in [1.807, 2.05) is 12.1 Å². The van der Waals surface area contributed by atoms with Gasteiger partial charge in [0.1, 0.15) is 5.75 Å². The van der Waals surface area contributed by atoms with Crippen LogP contribution in [0.3, 0.4) is 0 Å². The highest BCUT2D eigenvalue weighted by atomic mass is 79.9. The molecule has 0 bridgehead atoms. The lowest BCUT2D eigenvalue weighted by atomic mass is 10.1. The minimum atomic E-state index is 0.0418. The fraction of sp³-hybridized carbons (Fsp3) is 0.538. The largest absolute Gasteiger partial charge is 0.491 e. The summed E-state index contributed by atoms with van der Waals surface area (Å²) in [6.07, 6.45) is 5.23. The summed E-state index contributed by atoms with van der Waals surface area (Å²) < 4.78 is 7.67. The maximum atomic E-state index is 9.10. The summed E-state index contributed by atoms with van der Waals surface area (Å²) >= 11 is 6.96. The summed E-state index contributed by atoms with van der Waals surface area (Å²) in [5.74, 6) is 1.54. The molecule has 1 N–H and O–H groups in total. The average molecular weight is 364 g/mol. The first-order chi connectivity index (χ1) is 8.20. The van der Waals surface area contributed by atoms with Gasteiger partial charge in [-0.05, 0) is 68.3 Å². The topological polar surface area (TPSA) is 29.5 Å². The number of benzene rings is 1. The molecule has 1 aromatic carbocycles. The zero-order valence-electron chi connectivity index (χ0n) is 9.59. The number of rotatable bonds is 4. The van der Waals surface area contributed by atoms with E-state index < -0.39 is 0 Å². The van der Waals surface area contributed by atoms with E-state index in [2.05, 4.69) is 31.9 Å². The Kier molecular flexibility index (Phi) is 4.88. The van der Waals surface area contributed by atoms with Crippen LogP contribution in [0.15, 0.2) is 21.1 Å². The van der Waals surface area contributed by atoms with Crippen molar-refractivity contribution in [1.29, 1.82) is 0 Å². The van der Waals surface area contributed by atoms with Gasteiger partial charge in [0.2, 0.25) is 0 Å². The molecular formula is C13H16Br2O2. The molecule has 0 unspecified atom stereocenters. The molecule has 0 amide bonds. The molecule has 1 fully saturated rings. The molecule has 0 aliphatic heterocycles. The predicted octanol–water partition coefficient (Wildman–Crippen LogP) is 4.27. The van der Waals surface area contributed by atoms with Crippen molar-refractivity contribution in [3.63, 3.8) is 0 Å². The highest BCUT2D eigenvalue weighted by Gasteiger charge is 2.17. The third-order valence-electron chi connectivity index (χ3n) is 3.18. The highest BCUT2D eigenvalue weighted by Crippen LogP contribution is 2.36. The van der Waals surface area contributed by atoms with E-state index in [4.69, 9.17) is 9.84 Å². The molecule has 1 saturated carbocycles. The third kappa shape index (κ3) is 3.46. The predicted molar refractivity (Wildman–Crippen MR) is 75.2 cm³/mol. The lowest BCUT2D eigenvalue weighted by Gasteiger charge is -2.14. The third-order valence-corrected chi connectivity index (χ3v) is 4.36. The molecule has 17 heavy (non-hydrogen) atoms. The van der Waals surface area contributed by atoms with Crippen LogP contribution in [-0.4, -0.2) is 11.7 Å².